The number of benzene rings is 1. The molecular weight excluding hydrogens is 338 g/mol. The highest BCUT2D eigenvalue weighted by molar-refractivity contribution is 5.47. The highest BCUT2D eigenvalue weighted by Crippen LogP contribution is 2.28. The summed E-state index contributed by atoms with van der Waals surface area (Å²) in [5.41, 5.74) is 1.66. The van der Waals surface area contributed by atoms with Crippen LogP contribution in [0.4, 0.5) is 23.4 Å². The van der Waals surface area contributed by atoms with E-state index in [0.29, 0.717) is 22.6 Å². The summed E-state index contributed by atoms with van der Waals surface area (Å²) in [6.45, 7) is 5.07. The topological polar surface area (TPSA) is 55.1 Å². The predicted octanol–water partition coefficient (Wildman–Crippen LogP) is 4.07. The van der Waals surface area contributed by atoms with Gasteiger partial charge in [0.05, 0.1) is 6.04 Å². The molecule has 0 spiro atoms. The Balaban J connectivity index is 1.99. The molecule has 9 heteroatoms. The van der Waals surface area contributed by atoms with Crippen LogP contribution in [-0.2, 0) is 6.18 Å². The zero-order valence-corrected chi connectivity index (χ0v) is 13.7. The smallest absolute Gasteiger partial charge is 0.363 e. The fourth-order valence-corrected chi connectivity index (χ4v) is 2.39. The van der Waals surface area contributed by atoms with Crippen molar-refractivity contribution in [1.82, 2.24) is 19.6 Å². The number of rotatable bonds is 3. The minimum absolute atomic E-state index is 0.155. The first kappa shape index (κ1) is 17.1. The second-order valence-corrected chi connectivity index (χ2v) is 5.80. The summed E-state index contributed by atoms with van der Waals surface area (Å²) in [4.78, 5) is 7.39. The van der Waals surface area contributed by atoms with Crippen LogP contribution in [0, 0.1) is 19.7 Å². The number of aryl methyl sites for hydroxylation is 2. The molecule has 0 aliphatic carbocycles. The molecule has 1 atom stereocenters. The minimum Gasteiger partial charge on any atom is -0.363 e. The van der Waals surface area contributed by atoms with Gasteiger partial charge in [0.1, 0.15) is 11.6 Å². The summed E-state index contributed by atoms with van der Waals surface area (Å²) in [5, 5.41) is 6.52. The van der Waals surface area contributed by atoms with Crippen LogP contribution in [0.25, 0.3) is 5.78 Å². The lowest BCUT2D eigenvalue weighted by Crippen LogP contribution is -2.12. The molecule has 0 aliphatic rings. The van der Waals surface area contributed by atoms with E-state index in [4.69, 9.17) is 0 Å². The van der Waals surface area contributed by atoms with Crippen LogP contribution in [-0.4, -0.2) is 19.6 Å². The van der Waals surface area contributed by atoms with Crippen LogP contribution in [0.15, 0.2) is 24.3 Å². The number of hydrogen-bond acceptors (Lipinski definition) is 4. The molecule has 0 saturated heterocycles. The van der Waals surface area contributed by atoms with Crippen LogP contribution in [0.1, 0.15) is 35.6 Å². The number of alkyl halides is 3. The molecule has 132 valence electrons. The van der Waals surface area contributed by atoms with Gasteiger partial charge < -0.3 is 5.32 Å². The Kier molecular flexibility index (Phi) is 4.09. The lowest BCUT2D eigenvalue weighted by Gasteiger charge is -2.17. The van der Waals surface area contributed by atoms with Gasteiger partial charge in [0.25, 0.3) is 11.6 Å². The molecular formula is C16H15F4N5. The second-order valence-electron chi connectivity index (χ2n) is 5.80. The van der Waals surface area contributed by atoms with Gasteiger partial charge >= 0.3 is 6.18 Å². The number of nitrogens with zero attached hydrogens (tertiary/aromatic N) is 4. The summed E-state index contributed by atoms with van der Waals surface area (Å²) in [5.74, 6) is -1.47. The van der Waals surface area contributed by atoms with Gasteiger partial charge in [-0.15, -0.1) is 5.10 Å². The molecule has 0 saturated carbocycles. The van der Waals surface area contributed by atoms with Crippen molar-refractivity contribution in [2.24, 2.45) is 0 Å². The monoisotopic (exact) mass is 353 g/mol. The zero-order valence-electron chi connectivity index (χ0n) is 13.7. The SMILES string of the molecule is Cc1cc(NC(C)c2ccc(C)c(F)c2)n2nc(C(F)(F)F)nc2n1. The van der Waals surface area contributed by atoms with E-state index in [-0.39, 0.29) is 17.6 Å². The molecule has 5 nitrogen and oxygen atoms in total. The van der Waals surface area contributed by atoms with Crippen LogP contribution >= 0.6 is 0 Å². The molecule has 1 N–H and O–H groups in total. The minimum atomic E-state index is -4.66. The van der Waals surface area contributed by atoms with E-state index in [1.165, 1.54) is 6.07 Å². The van der Waals surface area contributed by atoms with Gasteiger partial charge in [0, 0.05) is 11.8 Å². The summed E-state index contributed by atoms with van der Waals surface area (Å²) in [6.07, 6.45) is -4.66. The van der Waals surface area contributed by atoms with E-state index in [0.717, 1.165) is 4.52 Å². The summed E-state index contributed by atoms with van der Waals surface area (Å²) >= 11 is 0. The van der Waals surface area contributed by atoms with Crippen LogP contribution in [0.3, 0.4) is 0 Å². The van der Waals surface area contributed by atoms with Gasteiger partial charge in [-0.25, -0.2) is 9.37 Å². The van der Waals surface area contributed by atoms with E-state index in [9.17, 15) is 17.6 Å². The fraction of sp³-hybridized carbons (Fsp3) is 0.312. The Morgan fingerprint density at radius 3 is 2.48 bits per heavy atom. The largest absolute Gasteiger partial charge is 0.453 e. The molecule has 0 amide bonds. The molecule has 3 rings (SSSR count). The molecule has 0 radical (unpaired) electrons. The Morgan fingerprint density at radius 2 is 1.84 bits per heavy atom. The van der Waals surface area contributed by atoms with Crippen LogP contribution in [0.2, 0.25) is 0 Å². The van der Waals surface area contributed by atoms with Gasteiger partial charge in [-0.2, -0.15) is 22.7 Å². The van der Waals surface area contributed by atoms with Crippen LogP contribution < -0.4 is 5.32 Å². The van der Waals surface area contributed by atoms with Crippen molar-refractivity contribution >= 4 is 11.6 Å². The van der Waals surface area contributed by atoms with Gasteiger partial charge in [-0.05, 0) is 38.0 Å². The van der Waals surface area contributed by atoms with Crippen molar-refractivity contribution in [2.75, 3.05) is 5.32 Å². The molecule has 0 bridgehead atoms. The molecule has 0 aliphatic heterocycles. The molecule has 3 aromatic rings. The van der Waals surface area contributed by atoms with E-state index < -0.39 is 12.0 Å². The molecule has 0 fully saturated rings. The third kappa shape index (κ3) is 3.40. The van der Waals surface area contributed by atoms with Crippen molar-refractivity contribution in [3.8, 4) is 0 Å². The molecule has 2 heterocycles. The maximum absolute atomic E-state index is 13.7. The van der Waals surface area contributed by atoms with Crippen molar-refractivity contribution in [3.05, 3.63) is 52.7 Å². The predicted molar refractivity (Wildman–Crippen MR) is 83.7 cm³/mol. The van der Waals surface area contributed by atoms with Crippen LogP contribution in [0.5, 0.6) is 0 Å². The van der Waals surface area contributed by atoms with E-state index in [2.05, 4.69) is 20.4 Å². The van der Waals surface area contributed by atoms with Gasteiger partial charge in [0.2, 0.25) is 0 Å². The maximum atomic E-state index is 13.7. The van der Waals surface area contributed by atoms with Gasteiger partial charge in [-0.3, -0.25) is 0 Å². The third-order valence-electron chi connectivity index (χ3n) is 3.75. The Morgan fingerprint density at radius 1 is 1.12 bits per heavy atom. The highest BCUT2D eigenvalue weighted by atomic mass is 19.4. The first-order valence-electron chi connectivity index (χ1n) is 7.49. The first-order chi connectivity index (χ1) is 11.6. The lowest BCUT2D eigenvalue weighted by atomic mass is 10.1. The van der Waals surface area contributed by atoms with Crippen molar-refractivity contribution in [2.45, 2.75) is 33.0 Å². The highest BCUT2D eigenvalue weighted by Gasteiger charge is 2.36. The molecule has 1 aromatic carbocycles. The van der Waals surface area contributed by atoms with Crippen molar-refractivity contribution in [3.63, 3.8) is 0 Å². The number of nitrogens with one attached hydrogen (secondary N) is 1. The third-order valence-corrected chi connectivity index (χ3v) is 3.75. The average molecular weight is 353 g/mol. The van der Waals surface area contributed by atoms with Gasteiger partial charge in [-0.1, -0.05) is 12.1 Å². The Hall–Kier alpha value is -2.71. The Bertz CT molecular complexity index is 932. The van der Waals surface area contributed by atoms with Crippen molar-refractivity contribution in [1.29, 1.82) is 0 Å². The fourth-order valence-electron chi connectivity index (χ4n) is 2.39. The van der Waals surface area contributed by atoms with E-state index in [1.54, 1.807) is 39.0 Å². The number of hydrogen-bond donors (Lipinski definition) is 1. The lowest BCUT2D eigenvalue weighted by molar-refractivity contribution is -0.144. The normalized spacial score (nSPS) is 13.2. The number of aromatic nitrogens is 4. The molecule has 1 unspecified atom stereocenters. The van der Waals surface area contributed by atoms with E-state index in [1.807, 2.05) is 0 Å². The maximum Gasteiger partial charge on any atom is 0.453 e. The average Bonchev–Trinajstić information content (AvgIpc) is 2.94. The standard InChI is InChI=1S/C16H15F4N5/c1-8-4-5-11(7-12(8)17)10(3)22-13-6-9(2)21-15-23-14(16(18,19)20)24-25(13)15/h4-7,10,22H,1-3H3. The summed E-state index contributed by atoms with van der Waals surface area (Å²) < 4.78 is 53.3. The first-order valence-corrected chi connectivity index (χ1v) is 7.49. The Labute approximate surface area is 140 Å². The van der Waals surface area contributed by atoms with Crippen molar-refractivity contribution < 1.29 is 17.6 Å². The molecule has 2 aromatic heterocycles. The number of halogens is 4. The number of anilines is 1. The zero-order chi connectivity index (χ0) is 18.4. The van der Waals surface area contributed by atoms with E-state index >= 15 is 0 Å². The van der Waals surface area contributed by atoms with Gasteiger partial charge in [0.15, 0.2) is 0 Å². The second kappa shape index (κ2) is 5.98. The summed E-state index contributed by atoms with van der Waals surface area (Å²) in [6, 6.07) is 5.99. The quantitative estimate of drug-likeness (QED) is 0.721. The number of fused-ring (bicyclic) bond motifs is 1. The summed E-state index contributed by atoms with van der Waals surface area (Å²) in [7, 11) is 0. The molecule has 25 heavy (non-hydrogen) atoms.